The van der Waals surface area contributed by atoms with Crippen molar-refractivity contribution in [2.75, 3.05) is 33.2 Å². The highest BCUT2D eigenvalue weighted by molar-refractivity contribution is 6.31. The molecule has 0 unspecified atom stereocenters. The monoisotopic (exact) mass is 296 g/mol. The number of likely N-dealkylation sites (N-methyl/N-ethyl adjacent to an activating group) is 1. The van der Waals surface area contributed by atoms with Gasteiger partial charge in [0, 0.05) is 30.2 Å². The maximum absolute atomic E-state index is 8.67. The van der Waals surface area contributed by atoms with E-state index in [0.29, 0.717) is 10.6 Å². The fourth-order valence-electron chi connectivity index (χ4n) is 2.39. The zero-order valence-corrected chi connectivity index (χ0v) is 12.5. The Bertz CT molecular complexity index is 492. The lowest BCUT2D eigenvalue weighted by Crippen LogP contribution is -2.28. The van der Waals surface area contributed by atoms with Gasteiger partial charge in [-0.2, -0.15) is 0 Å². The number of oxime groups is 1. The van der Waals surface area contributed by atoms with Crippen molar-refractivity contribution in [3.63, 3.8) is 0 Å². The predicted octanol–water partition coefficient (Wildman–Crippen LogP) is 1.57. The van der Waals surface area contributed by atoms with Crippen LogP contribution in [0.1, 0.15) is 17.5 Å². The van der Waals surface area contributed by atoms with Gasteiger partial charge in [-0.25, -0.2) is 0 Å². The van der Waals surface area contributed by atoms with E-state index in [1.54, 1.807) is 6.07 Å². The molecule has 1 aliphatic rings. The Morgan fingerprint density at radius 1 is 1.35 bits per heavy atom. The van der Waals surface area contributed by atoms with E-state index in [2.05, 4.69) is 22.0 Å². The van der Waals surface area contributed by atoms with E-state index in [4.69, 9.17) is 22.5 Å². The number of halogens is 1. The number of amidine groups is 1. The van der Waals surface area contributed by atoms with Gasteiger partial charge in [-0.15, -0.1) is 0 Å². The highest BCUT2D eigenvalue weighted by Crippen LogP contribution is 2.20. The van der Waals surface area contributed by atoms with Crippen LogP contribution in [-0.2, 0) is 6.54 Å². The molecule has 3 N–H and O–H groups in total. The SMILES string of the molecule is CN1CCCN(Cc2ccc(/C(N)=N/O)cc2Cl)CC1. The van der Waals surface area contributed by atoms with Crippen molar-refractivity contribution in [3.8, 4) is 0 Å². The standard InChI is InChI=1S/C14H21ClN4O/c1-18-5-2-6-19(8-7-18)10-12-4-3-11(9-13(12)15)14(16)17-20/h3-4,9,20H,2,5-8,10H2,1H3,(H2,16,17). The van der Waals surface area contributed by atoms with Gasteiger partial charge < -0.3 is 15.8 Å². The van der Waals surface area contributed by atoms with Crippen LogP contribution in [0.5, 0.6) is 0 Å². The van der Waals surface area contributed by atoms with Gasteiger partial charge in [-0.1, -0.05) is 28.9 Å². The summed E-state index contributed by atoms with van der Waals surface area (Å²) in [4.78, 5) is 4.76. The third kappa shape index (κ3) is 3.85. The molecule has 1 fully saturated rings. The molecule has 1 aliphatic heterocycles. The van der Waals surface area contributed by atoms with Gasteiger partial charge in [0.05, 0.1) is 0 Å². The number of nitrogens with two attached hydrogens (primary N) is 1. The Morgan fingerprint density at radius 3 is 2.85 bits per heavy atom. The molecule has 20 heavy (non-hydrogen) atoms. The summed E-state index contributed by atoms with van der Waals surface area (Å²) < 4.78 is 0. The van der Waals surface area contributed by atoms with Crippen LogP contribution in [0.3, 0.4) is 0 Å². The number of hydrogen-bond donors (Lipinski definition) is 2. The van der Waals surface area contributed by atoms with E-state index in [-0.39, 0.29) is 5.84 Å². The lowest BCUT2D eigenvalue weighted by molar-refractivity contribution is 0.269. The predicted molar refractivity (Wildman–Crippen MR) is 81.4 cm³/mol. The van der Waals surface area contributed by atoms with Crippen LogP contribution in [0.4, 0.5) is 0 Å². The molecule has 0 saturated carbocycles. The molecule has 1 saturated heterocycles. The van der Waals surface area contributed by atoms with E-state index in [1.165, 1.54) is 6.42 Å². The molecule has 1 heterocycles. The third-order valence-corrected chi connectivity index (χ3v) is 4.01. The number of benzene rings is 1. The summed E-state index contributed by atoms with van der Waals surface area (Å²) in [7, 11) is 2.16. The van der Waals surface area contributed by atoms with E-state index >= 15 is 0 Å². The average Bonchev–Trinajstić information content (AvgIpc) is 2.65. The van der Waals surface area contributed by atoms with Crippen molar-refractivity contribution in [2.45, 2.75) is 13.0 Å². The minimum atomic E-state index is 0.0786. The van der Waals surface area contributed by atoms with E-state index < -0.39 is 0 Å². The Kier molecular flexibility index (Phi) is 5.23. The summed E-state index contributed by atoms with van der Waals surface area (Å²) in [6, 6.07) is 5.53. The van der Waals surface area contributed by atoms with Gasteiger partial charge in [-0.3, -0.25) is 4.90 Å². The molecule has 5 nitrogen and oxygen atoms in total. The molecule has 1 aromatic carbocycles. The second-order valence-electron chi connectivity index (χ2n) is 5.22. The van der Waals surface area contributed by atoms with Crippen molar-refractivity contribution in [1.82, 2.24) is 9.80 Å². The van der Waals surface area contributed by atoms with Crippen molar-refractivity contribution < 1.29 is 5.21 Å². The van der Waals surface area contributed by atoms with Crippen LogP contribution in [0.25, 0.3) is 0 Å². The van der Waals surface area contributed by atoms with Gasteiger partial charge in [-0.05, 0) is 38.2 Å². The molecule has 0 amide bonds. The minimum absolute atomic E-state index is 0.0786. The topological polar surface area (TPSA) is 65.1 Å². The Labute approximate surface area is 124 Å². The zero-order chi connectivity index (χ0) is 14.5. The molecule has 0 atom stereocenters. The van der Waals surface area contributed by atoms with Crippen LogP contribution in [0.2, 0.25) is 5.02 Å². The van der Waals surface area contributed by atoms with Crippen LogP contribution in [0.15, 0.2) is 23.4 Å². The first-order valence-corrected chi connectivity index (χ1v) is 7.15. The molecule has 6 heteroatoms. The quantitative estimate of drug-likeness (QED) is 0.385. The summed E-state index contributed by atoms with van der Waals surface area (Å²) in [5.41, 5.74) is 7.27. The van der Waals surface area contributed by atoms with E-state index in [9.17, 15) is 0 Å². The van der Waals surface area contributed by atoms with Gasteiger partial charge >= 0.3 is 0 Å². The summed E-state index contributed by atoms with van der Waals surface area (Å²) in [6.45, 7) is 5.20. The second kappa shape index (κ2) is 6.92. The first kappa shape index (κ1) is 15.1. The Balaban J connectivity index is 2.06. The zero-order valence-electron chi connectivity index (χ0n) is 11.7. The largest absolute Gasteiger partial charge is 0.409 e. The van der Waals surface area contributed by atoms with Crippen molar-refractivity contribution >= 4 is 17.4 Å². The van der Waals surface area contributed by atoms with Gasteiger partial charge in [0.25, 0.3) is 0 Å². The lowest BCUT2D eigenvalue weighted by Gasteiger charge is -2.21. The molecule has 2 rings (SSSR count). The number of hydrogen-bond acceptors (Lipinski definition) is 4. The van der Waals surface area contributed by atoms with Crippen LogP contribution >= 0.6 is 11.6 Å². The maximum Gasteiger partial charge on any atom is 0.170 e. The highest BCUT2D eigenvalue weighted by Gasteiger charge is 2.14. The molecule has 110 valence electrons. The van der Waals surface area contributed by atoms with Crippen LogP contribution in [-0.4, -0.2) is 54.1 Å². The molecular formula is C14H21ClN4O. The van der Waals surface area contributed by atoms with E-state index in [1.807, 2.05) is 12.1 Å². The smallest absolute Gasteiger partial charge is 0.170 e. The molecular weight excluding hydrogens is 276 g/mol. The number of rotatable bonds is 3. The van der Waals surface area contributed by atoms with Crippen LogP contribution < -0.4 is 5.73 Å². The molecule has 0 aromatic heterocycles. The van der Waals surface area contributed by atoms with Gasteiger partial charge in [0.15, 0.2) is 5.84 Å². The maximum atomic E-state index is 8.67. The van der Waals surface area contributed by atoms with Crippen molar-refractivity contribution in [3.05, 3.63) is 34.3 Å². The lowest BCUT2D eigenvalue weighted by atomic mass is 10.1. The molecule has 0 aliphatic carbocycles. The van der Waals surface area contributed by atoms with Gasteiger partial charge in [0.2, 0.25) is 0 Å². The summed E-state index contributed by atoms with van der Waals surface area (Å²) in [5.74, 6) is 0.0786. The second-order valence-corrected chi connectivity index (χ2v) is 5.63. The first-order valence-electron chi connectivity index (χ1n) is 6.77. The fraction of sp³-hybridized carbons (Fsp3) is 0.500. The fourth-order valence-corrected chi connectivity index (χ4v) is 2.63. The molecule has 0 radical (unpaired) electrons. The normalized spacial score (nSPS) is 19.0. The van der Waals surface area contributed by atoms with Crippen molar-refractivity contribution in [1.29, 1.82) is 0 Å². The van der Waals surface area contributed by atoms with Crippen LogP contribution in [0, 0.1) is 0 Å². The molecule has 0 bridgehead atoms. The van der Waals surface area contributed by atoms with Gasteiger partial charge in [0.1, 0.15) is 0 Å². The first-order chi connectivity index (χ1) is 9.60. The molecule has 1 aromatic rings. The molecule has 0 spiro atoms. The van der Waals surface area contributed by atoms with E-state index in [0.717, 1.165) is 38.3 Å². The summed E-state index contributed by atoms with van der Waals surface area (Å²) in [5, 5.41) is 12.3. The van der Waals surface area contributed by atoms with Crippen molar-refractivity contribution in [2.24, 2.45) is 10.9 Å². The Morgan fingerprint density at radius 2 is 2.15 bits per heavy atom. The number of nitrogens with zero attached hydrogens (tertiary/aromatic N) is 3. The highest BCUT2D eigenvalue weighted by atomic mass is 35.5. The third-order valence-electron chi connectivity index (χ3n) is 3.66. The summed E-state index contributed by atoms with van der Waals surface area (Å²) in [6.07, 6.45) is 1.18. The minimum Gasteiger partial charge on any atom is -0.409 e. The Hall–Kier alpha value is -1.30. The average molecular weight is 297 g/mol. The summed E-state index contributed by atoms with van der Waals surface area (Å²) >= 11 is 6.29.